The van der Waals surface area contributed by atoms with Crippen molar-refractivity contribution < 1.29 is 19.8 Å². The summed E-state index contributed by atoms with van der Waals surface area (Å²) in [5.41, 5.74) is 6.77. The van der Waals surface area contributed by atoms with Crippen LogP contribution in [0.25, 0.3) is 16.9 Å². The van der Waals surface area contributed by atoms with Gasteiger partial charge in [-0.05, 0) is 31.2 Å². The van der Waals surface area contributed by atoms with E-state index in [4.69, 9.17) is 24.9 Å². The molecular weight excluding hydrogens is 432 g/mol. The molecule has 4 rings (SSSR count). The monoisotopic (exact) mass is 458 g/mol. The Balaban J connectivity index is 0.000000481. The quantitative estimate of drug-likeness (QED) is 0.285. The van der Waals surface area contributed by atoms with Crippen molar-refractivity contribution >= 4 is 11.9 Å². The van der Waals surface area contributed by atoms with E-state index >= 15 is 0 Å². The first-order valence-electron chi connectivity index (χ1n) is 10.7. The number of aliphatic carboxylic acids is 2. The summed E-state index contributed by atoms with van der Waals surface area (Å²) in [6, 6.07) is 24.8. The lowest BCUT2D eigenvalue weighted by atomic mass is 10.1. The standard InChI is InChI=1S/C24H24N4.C2H2O4/c1-19-10-12-20(13-11-19)24-21(17-25-16-14-22-7-5-6-15-26-22)18-28(27-24)23-8-3-2-4-9-23;3-1(4)2(5)6/h2-13,15,18,25H,14,16-17H2,1H3;(H,3,4)(H,5,6). The summed E-state index contributed by atoms with van der Waals surface area (Å²) in [6.07, 6.45) is 4.88. The first-order chi connectivity index (χ1) is 16.4. The molecule has 4 aromatic rings. The van der Waals surface area contributed by atoms with Gasteiger partial charge in [-0.2, -0.15) is 5.10 Å². The van der Waals surface area contributed by atoms with Crippen LogP contribution in [-0.4, -0.2) is 43.5 Å². The molecule has 0 fully saturated rings. The number of hydrogen-bond donors (Lipinski definition) is 3. The fourth-order valence-electron chi connectivity index (χ4n) is 3.19. The zero-order valence-corrected chi connectivity index (χ0v) is 18.8. The molecule has 0 unspecified atom stereocenters. The van der Waals surface area contributed by atoms with Crippen LogP contribution in [0.15, 0.2) is 85.2 Å². The zero-order valence-electron chi connectivity index (χ0n) is 18.8. The van der Waals surface area contributed by atoms with Crippen molar-refractivity contribution in [1.29, 1.82) is 0 Å². The van der Waals surface area contributed by atoms with Crippen LogP contribution in [0.3, 0.4) is 0 Å². The molecule has 174 valence electrons. The number of carbonyl (C=O) groups is 2. The molecule has 3 N–H and O–H groups in total. The maximum Gasteiger partial charge on any atom is 0.414 e. The third-order valence-corrected chi connectivity index (χ3v) is 4.92. The molecule has 0 aliphatic rings. The molecule has 0 amide bonds. The number of para-hydroxylation sites is 1. The molecule has 2 aromatic carbocycles. The van der Waals surface area contributed by atoms with Crippen LogP contribution in [0.2, 0.25) is 0 Å². The number of carboxylic acids is 2. The molecule has 0 saturated carbocycles. The second-order valence-corrected chi connectivity index (χ2v) is 7.51. The van der Waals surface area contributed by atoms with Crippen molar-refractivity contribution in [2.45, 2.75) is 19.9 Å². The van der Waals surface area contributed by atoms with Crippen molar-refractivity contribution in [1.82, 2.24) is 20.1 Å². The molecule has 2 heterocycles. The molecule has 0 bridgehead atoms. The number of benzene rings is 2. The Morgan fingerprint density at radius 1 is 0.912 bits per heavy atom. The largest absolute Gasteiger partial charge is 0.473 e. The van der Waals surface area contributed by atoms with Crippen LogP contribution in [0.1, 0.15) is 16.8 Å². The van der Waals surface area contributed by atoms with Gasteiger partial charge >= 0.3 is 11.9 Å². The number of nitrogens with zero attached hydrogens (tertiary/aromatic N) is 3. The Labute approximate surface area is 197 Å². The van der Waals surface area contributed by atoms with E-state index < -0.39 is 11.9 Å². The third-order valence-electron chi connectivity index (χ3n) is 4.92. The SMILES string of the molecule is Cc1ccc(-c2nn(-c3ccccc3)cc2CNCCc2ccccn2)cc1.O=C(O)C(=O)O. The molecule has 8 nitrogen and oxygen atoms in total. The normalized spacial score (nSPS) is 10.3. The molecule has 0 atom stereocenters. The number of aromatic nitrogens is 3. The summed E-state index contributed by atoms with van der Waals surface area (Å²) in [5.74, 6) is -3.65. The number of pyridine rings is 1. The molecule has 0 aliphatic heterocycles. The maximum absolute atomic E-state index is 9.10. The number of hydrogen-bond acceptors (Lipinski definition) is 5. The van der Waals surface area contributed by atoms with Gasteiger partial charge in [0.15, 0.2) is 0 Å². The Bertz CT molecular complexity index is 1190. The summed E-state index contributed by atoms with van der Waals surface area (Å²) < 4.78 is 1.96. The van der Waals surface area contributed by atoms with Gasteiger partial charge in [-0.1, -0.05) is 54.1 Å². The van der Waals surface area contributed by atoms with E-state index in [0.29, 0.717) is 0 Å². The minimum Gasteiger partial charge on any atom is -0.473 e. The molecular formula is C26H26N4O4. The second kappa shape index (κ2) is 12.1. The van der Waals surface area contributed by atoms with Crippen molar-refractivity contribution in [2.75, 3.05) is 6.54 Å². The van der Waals surface area contributed by atoms with E-state index in [-0.39, 0.29) is 0 Å². The smallest absolute Gasteiger partial charge is 0.414 e. The van der Waals surface area contributed by atoms with Gasteiger partial charge in [-0.3, -0.25) is 4.98 Å². The van der Waals surface area contributed by atoms with Crippen molar-refractivity contribution in [3.8, 4) is 16.9 Å². The van der Waals surface area contributed by atoms with Gasteiger partial charge in [-0.15, -0.1) is 0 Å². The van der Waals surface area contributed by atoms with Crippen LogP contribution in [-0.2, 0) is 22.6 Å². The van der Waals surface area contributed by atoms with Crippen molar-refractivity contribution in [2.24, 2.45) is 0 Å². The van der Waals surface area contributed by atoms with Gasteiger partial charge in [0.25, 0.3) is 0 Å². The van der Waals surface area contributed by atoms with Gasteiger partial charge in [0.1, 0.15) is 0 Å². The second-order valence-electron chi connectivity index (χ2n) is 7.51. The average molecular weight is 459 g/mol. The highest BCUT2D eigenvalue weighted by molar-refractivity contribution is 6.27. The van der Waals surface area contributed by atoms with E-state index in [9.17, 15) is 0 Å². The number of carboxylic acid groups (broad SMARTS) is 2. The number of nitrogens with one attached hydrogen (secondary N) is 1. The lowest BCUT2D eigenvalue weighted by molar-refractivity contribution is -0.159. The minimum atomic E-state index is -1.82. The van der Waals surface area contributed by atoms with Gasteiger partial charge in [-0.25, -0.2) is 14.3 Å². The highest BCUT2D eigenvalue weighted by atomic mass is 16.4. The van der Waals surface area contributed by atoms with E-state index in [1.54, 1.807) is 0 Å². The maximum atomic E-state index is 9.10. The average Bonchev–Trinajstić information content (AvgIpc) is 3.28. The molecule has 0 saturated heterocycles. The van der Waals surface area contributed by atoms with E-state index in [0.717, 1.165) is 42.1 Å². The summed E-state index contributed by atoms with van der Waals surface area (Å²) in [5, 5.41) is 23.2. The summed E-state index contributed by atoms with van der Waals surface area (Å²) in [4.78, 5) is 22.6. The van der Waals surface area contributed by atoms with Crippen molar-refractivity contribution in [3.05, 3.63) is 102 Å². The van der Waals surface area contributed by atoms with Crippen LogP contribution < -0.4 is 5.32 Å². The van der Waals surface area contributed by atoms with Crippen LogP contribution >= 0.6 is 0 Å². The van der Waals surface area contributed by atoms with Gasteiger partial charge < -0.3 is 15.5 Å². The fraction of sp³-hybridized carbons (Fsp3) is 0.154. The zero-order chi connectivity index (χ0) is 24.3. The number of rotatable bonds is 7. The lowest BCUT2D eigenvalue weighted by Gasteiger charge is -2.05. The summed E-state index contributed by atoms with van der Waals surface area (Å²) >= 11 is 0. The van der Waals surface area contributed by atoms with E-state index in [1.165, 1.54) is 11.1 Å². The molecule has 2 aromatic heterocycles. The molecule has 0 spiro atoms. The first kappa shape index (κ1) is 24.3. The predicted molar refractivity (Wildman–Crippen MR) is 129 cm³/mol. The highest BCUT2D eigenvalue weighted by Gasteiger charge is 2.12. The molecule has 0 radical (unpaired) electrons. The van der Waals surface area contributed by atoms with E-state index in [1.807, 2.05) is 41.2 Å². The first-order valence-corrected chi connectivity index (χ1v) is 10.7. The molecule has 0 aliphatic carbocycles. The molecule has 8 heteroatoms. The molecule has 34 heavy (non-hydrogen) atoms. The fourth-order valence-corrected chi connectivity index (χ4v) is 3.19. The van der Waals surface area contributed by atoms with Crippen LogP contribution in [0, 0.1) is 6.92 Å². The number of aryl methyl sites for hydroxylation is 1. The Morgan fingerprint density at radius 3 is 2.21 bits per heavy atom. The van der Waals surface area contributed by atoms with Gasteiger partial charge in [0, 0.05) is 48.7 Å². The predicted octanol–water partition coefficient (Wildman–Crippen LogP) is 3.73. The Morgan fingerprint density at radius 2 is 1.59 bits per heavy atom. The van der Waals surface area contributed by atoms with Crippen LogP contribution in [0.5, 0.6) is 0 Å². The van der Waals surface area contributed by atoms with Gasteiger partial charge in [0.2, 0.25) is 0 Å². The summed E-state index contributed by atoms with van der Waals surface area (Å²) in [6.45, 7) is 3.75. The summed E-state index contributed by atoms with van der Waals surface area (Å²) in [7, 11) is 0. The topological polar surface area (TPSA) is 117 Å². The minimum absolute atomic E-state index is 0.767. The van der Waals surface area contributed by atoms with Crippen LogP contribution in [0.4, 0.5) is 0 Å². The third kappa shape index (κ3) is 7.11. The van der Waals surface area contributed by atoms with Gasteiger partial charge in [0.05, 0.1) is 11.4 Å². The Kier molecular flexibility index (Phi) is 8.65. The lowest BCUT2D eigenvalue weighted by Crippen LogP contribution is -2.17. The van der Waals surface area contributed by atoms with Crippen molar-refractivity contribution in [3.63, 3.8) is 0 Å². The highest BCUT2D eigenvalue weighted by Crippen LogP contribution is 2.24. The van der Waals surface area contributed by atoms with E-state index in [2.05, 4.69) is 65.9 Å². The Hall–Kier alpha value is -4.30.